The number of thiazole rings is 1. The molecule has 4 nitrogen and oxygen atoms in total. The van der Waals surface area contributed by atoms with Crippen LogP contribution >= 0.6 is 38.9 Å². The predicted octanol–water partition coefficient (Wildman–Crippen LogP) is 4.22. The summed E-state index contributed by atoms with van der Waals surface area (Å²) in [6.45, 7) is 1.38. The van der Waals surface area contributed by atoms with Crippen LogP contribution < -0.4 is 0 Å². The molecule has 0 amide bonds. The van der Waals surface area contributed by atoms with E-state index >= 15 is 0 Å². The molecule has 0 fully saturated rings. The van der Waals surface area contributed by atoms with Gasteiger partial charge in [-0.2, -0.15) is 0 Å². The van der Waals surface area contributed by atoms with Gasteiger partial charge in [0.05, 0.1) is 12.1 Å². The zero-order valence-electron chi connectivity index (χ0n) is 10.6. The van der Waals surface area contributed by atoms with Crippen LogP contribution in [0.1, 0.15) is 27.1 Å². The van der Waals surface area contributed by atoms with E-state index in [1.54, 1.807) is 12.1 Å². The van der Waals surface area contributed by atoms with E-state index < -0.39 is 5.97 Å². The highest BCUT2D eigenvalue weighted by molar-refractivity contribution is 9.10. The lowest BCUT2D eigenvalue weighted by molar-refractivity contribution is 0.0591. The zero-order valence-corrected chi connectivity index (χ0v) is 13.7. The average molecular weight is 375 g/mol. The highest BCUT2D eigenvalue weighted by atomic mass is 79.9. The summed E-state index contributed by atoms with van der Waals surface area (Å²) >= 11 is 10.6. The first-order chi connectivity index (χ1) is 9.43. The molecule has 104 valence electrons. The van der Waals surface area contributed by atoms with Crippen molar-refractivity contribution in [3.63, 3.8) is 0 Å². The number of aromatic nitrogens is 1. The first-order valence-electron chi connectivity index (χ1n) is 5.49. The standard InChI is InChI=1S/C13H9BrClNO3S/c1-6(17)11-10(13(18)19-2)16-12(20-11)8-4-3-7(14)5-9(8)15/h3-5H,1-2H3. The van der Waals surface area contributed by atoms with Gasteiger partial charge in [-0.25, -0.2) is 9.78 Å². The number of carbonyl (C=O) groups excluding carboxylic acids is 2. The van der Waals surface area contributed by atoms with Gasteiger partial charge in [-0.05, 0) is 18.2 Å². The van der Waals surface area contributed by atoms with Crippen molar-refractivity contribution in [2.45, 2.75) is 6.92 Å². The molecule has 1 aromatic heterocycles. The topological polar surface area (TPSA) is 56.3 Å². The predicted molar refractivity (Wildman–Crippen MR) is 81.6 cm³/mol. The van der Waals surface area contributed by atoms with E-state index in [1.807, 2.05) is 6.07 Å². The van der Waals surface area contributed by atoms with Crippen molar-refractivity contribution in [3.05, 3.63) is 38.3 Å². The molecule has 0 bridgehead atoms. The molecule has 1 aromatic carbocycles. The van der Waals surface area contributed by atoms with Crippen LogP contribution in [0.5, 0.6) is 0 Å². The summed E-state index contributed by atoms with van der Waals surface area (Å²) in [6.07, 6.45) is 0. The fourth-order valence-electron chi connectivity index (χ4n) is 1.57. The first kappa shape index (κ1) is 15.2. The average Bonchev–Trinajstić information content (AvgIpc) is 2.82. The number of carbonyl (C=O) groups is 2. The molecule has 7 heteroatoms. The molecule has 0 radical (unpaired) electrons. The Hall–Kier alpha value is -1.24. The highest BCUT2D eigenvalue weighted by Gasteiger charge is 2.23. The van der Waals surface area contributed by atoms with Gasteiger partial charge in [-0.3, -0.25) is 4.79 Å². The van der Waals surface area contributed by atoms with Crippen LogP contribution in [-0.4, -0.2) is 23.8 Å². The largest absolute Gasteiger partial charge is 0.464 e. The fraction of sp³-hybridized carbons (Fsp3) is 0.154. The number of rotatable bonds is 3. The second kappa shape index (κ2) is 6.03. The number of ketones is 1. The van der Waals surface area contributed by atoms with Gasteiger partial charge in [0.15, 0.2) is 11.5 Å². The Morgan fingerprint density at radius 2 is 2.10 bits per heavy atom. The van der Waals surface area contributed by atoms with Gasteiger partial charge < -0.3 is 4.74 Å². The lowest BCUT2D eigenvalue weighted by atomic mass is 10.2. The monoisotopic (exact) mass is 373 g/mol. The molecule has 0 saturated heterocycles. The number of halogens is 2. The van der Waals surface area contributed by atoms with Crippen LogP contribution in [-0.2, 0) is 4.74 Å². The molecular formula is C13H9BrClNO3S. The number of Topliss-reactive ketones (excluding diaryl/α,β-unsaturated/α-hetero) is 1. The number of esters is 1. The Morgan fingerprint density at radius 3 is 2.65 bits per heavy atom. The highest BCUT2D eigenvalue weighted by Crippen LogP contribution is 2.35. The summed E-state index contributed by atoms with van der Waals surface area (Å²) in [6, 6.07) is 5.31. The molecule has 0 unspecified atom stereocenters. The molecule has 0 spiro atoms. The van der Waals surface area contributed by atoms with Crippen LogP contribution in [0.3, 0.4) is 0 Å². The molecule has 0 saturated carbocycles. The minimum Gasteiger partial charge on any atom is -0.464 e. The van der Waals surface area contributed by atoms with Crippen molar-refractivity contribution in [2.75, 3.05) is 7.11 Å². The van der Waals surface area contributed by atoms with E-state index in [4.69, 9.17) is 11.6 Å². The lowest BCUT2D eigenvalue weighted by Crippen LogP contribution is -2.06. The fourth-order valence-corrected chi connectivity index (χ4v) is 3.38. The minimum absolute atomic E-state index is 0.0268. The molecular weight excluding hydrogens is 366 g/mol. The first-order valence-corrected chi connectivity index (χ1v) is 7.48. The number of methoxy groups -OCH3 is 1. The van der Waals surface area contributed by atoms with Crippen LogP contribution in [0, 0.1) is 0 Å². The van der Waals surface area contributed by atoms with Crippen molar-refractivity contribution in [1.29, 1.82) is 0 Å². The lowest BCUT2D eigenvalue weighted by Gasteiger charge is -2.00. The summed E-state index contributed by atoms with van der Waals surface area (Å²) in [5, 5.41) is 0.993. The van der Waals surface area contributed by atoms with Gasteiger partial charge in [0.25, 0.3) is 0 Å². The Bertz CT molecular complexity index is 699. The summed E-state index contributed by atoms with van der Waals surface area (Å²) in [7, 11) is 1.25. The van der Waals surface area contributed by atoms with Crippen molar-refractivity contribution in [2.24, 2.45) is 0 Å². The SMILES string of the molecule is COC(=O)c1nc(-c2ccc(Br)cc2Cl)sc1C(C)=O. The van der Waals surface area contributed by atoms with E-state index in [2.05, 4.69) is 25.7 Å². The molecule has 0 aliphatic rings. The normalized spacial score (nSPS) is 10.4. The van der Waals surface area contributed by atoms with Crippen molar-refractivity contribution in [3.8, 4) is 10.6 Å². The zero-order chi connectivity index (χ0) is 14.9. The maximum atomic E-state index is 11.7. The third-order valence-electron chi connectivity index (χ3n) is 2.49. The molecule has 1 heterocycles. The molecule has 20 heavy (non-hydrogen) atoms. The van der Waals surface area contributed by atoms with E-state index in [0.29, 0.717) is 15.6 Å². The molecule has 0 aliphatic heterocycles. The van der Waals surface area contributed by atoms with Gasteiger partial charge >= 0.3 is 5.97 Å². The van der Waals surface area contributed by atoms with Crippen LogP contribution in [0.25, 0.3) is 10.6 Å². The summed E-state index contributed by atoms with van der Waals surface area (Å²) in [5.41, 5.74) is 0.691. The molecule has 0 N–H and O–H groups in total. The van der Waals surface area contributed by atoms with Crippen molar-refractivity contribution < 1.29 is 14.3 Å². The molecule has 0 atom stereocenters. The third kappa shape index (κ3) is 2.92. The van der Waals surface area contributed by atoms with Gasteiger partial charge in [-0.1, -0.05) is 27.5 Å². The second-order valence-electron chi connectivity index (χ2n) is 3.87. The van der Waals surface area contributed by atoms with Gasteiger partial charge in [0, 0.05) is 17.0 Å². The van der Waals surface area contributed by atoms with E-state index in [9.17, 15) is 9.59 Å². The van der Waals surface area contributed by atoms with Crippen molar-refractivity contribution >= 4 is 50.6 Å². The van der Waals surface area contributed by atoms with Gasteiger partial charge in [-0.15, -0.1) is 11.3 Å². The Kier molecular flexibility index (Phi) is 4.57. The number of nitrogens with zero attached hydrogens (tertiary/aromatic N) is 1. The van der Waals surface area contributed by atoms with Gasteiger partial charge in [0.1, 0.15) is 9.88 Å². The minimum atomic E-state index is -0.633. The number of hydrogen-bond acceptors (Lipinski definition) is 5. The Balaban J connectivity index is 2.58. The number of ether oxygens (including phenoxy) is 1. The number of benzene rings is 1. The maximum Gasteiger partial charge on any atom is 0.358 e. The molecule has 0 aliphatic carbocycles. The van der Waals surface area contributed by atoms with Crippen molar-refractivity contribution in [1.82, 2.24) is 4.98 Å². The second-order valence-corrected chi connectivity index (χ2v) is 6.19. The van der Waals surface area contributed by atoms with Gasteiger partial charge in [0.2, 0.25) is 0 Å². The molecule has 2 aromatic rings. The smallest absolute Gasteiger partial charge is 0.358 e. The van der Waals surface area contributed by atoms with Crippen LogP contribution in [0.4, 0.5) is 0 Å². The summed E-state index contributed by atoms with van der Waals surface area (Å²) in [4.78, 5) is 27.7. The maximum absolute atomic E-state index is 11.7. The van der Waals surface area contributed by atoms with E-state index in [-0.39, 0.29) is 16.4 Å². The Morgan fingerprint density at radius 1 is 1.40 bits per heavy atom. The summed E-state index contributed by atoms with van der Waals surface area (Å²) in [5.74, 6) is -0.867. The van der Waals surface area contributed by atoms with Crippen LogP contribution in [0.2, 0.25) is 5.02 Å². The number of hydrogen-bond donors (Lipinski definition) is 0. The van der Waals surface area contributed by atoms with E-state index in [0.717, 1.165) is 15.8 Å². The Labute approximate surface area is 132 Å². The molecule has 2 rings (SSSR count). The third-order valence-corrected chi connectivity index (χ3v) is 4.48. The van der Waals surface area contributed by atoms with E-state index in [1.165, 1.54) is 14.0 Å². The summed E-state index contributed by atoms with van der Waals surface area (Å²) < 4.78 is 5.47. The quantitative estimate of drug-likeness (QED) is 0.596. The van der Waals surface area contributed by atoms with Crippen LogP contribution in [0.15, 0.2) is 22.7 Å².